The monoisotopic (exact) mass is 335 g/mol. The average Bonchev–Trinajstić information content (AvgIpc) is 3.02. The molecule has 0 aliphatic heterocycles. The molecule has 0 unspecified atom stereocenters. The van der Waals surface area contributed by atoms with Gasteiger partial charge in [-0.15, -0.1) is 0 Å². The maximum Gasteiger partial charge on any atom is 0.311 e. The Bertz CT molecular complexity index is 1100. The predicted octanol–water partition coefficient (Wildman–Crippen LogP) is 4.64. The lowest BCUT2D eigenvalue weighted by Crippen LogP contribution is -1.96. The van der Waals surface area contributed by atoms with Gasteiger partial charge in [0.25, 0.3) is 5.88 Å². The van der Waals surface area contributed by atoms with E-state index in [0.717, 1.165) is 10.9 Å². The normalized spacial score (nSPS) is 11.1. The van der Waals surface area contributed by atoms with E-state index in [1.807, 2.05) is 31.2 Å². The van der Waals surface area contributed by atoms with Crippen molar-refractivity contribution in [2.45, 2.75) is 13.3 Å². The van der Waals surface area contributed by atoms with E-state index in [9.17, 15) is 10.1 Å². The second-order valence-corrected chi connectivity index (χ2v) is 5.47. The lowest BCUT2D eigenvalue weighted by molar-refractivity contribution is -0.385. The second kappa shape index (κ2) is 5.86. The van der Waals surface area contributed by atoms with Crippen LogP contribution in [0.15, 0.2) is 53.2 Å². The van der Waals surface area contributed by atoms with Crippen LogP contribution in [0.25, 0.3) is 22.1 Å². The van der Waals surface area contributed by atoms with E-state index >= 15 is 0 Å². The first-order valence-corrected chi connectivity index (χ1v) is 7.74. The minimum Gasteiger partial charge on any atom is -0.449 e. The van der Waals surface area contributed by atoms with Gasteiger partial charge in [-0.05, 0) is 30.2 Å². The molecule has 0 N–H and O–H groups in total. The van der Waals surface area contributed by atoms with Gasteiger partial charge in [-0.2, -0.15) is 4.98 Å². The summed E-state index contributed by atoms with van der Waals surface area (Å²) in [6.45, 7) is 1.93. The predicted molar refractivity (Wildman–Crippen MR) is 91.9 cm³/mol. The van der Waals surface area contributed by atoms with E-state index in [1.165, 1.54) is 12.4 Å². The molecule has 2 aromatic carbocycles. The van der Waals surface area contributed by atoms with Crippen molar-refractivity contribution < 1.29 is 14.1 Å². The van der Waals surface area contributed by atoms with Crippen LogP contribution in [0.1, 0.15) is 12.5 Å². The van der Waals surface area contributed by atoms with E-state index in [2.05, 4.69) is 9.97 Å². The molecule has 7 heteroatoms. The van der Waals surface area contributed by atoms with Crippen LogP contribution >= 0.6 is 0 Å². The maximum absolute atomic E-state index is 11.4. The van der Waals surface area contributed by atoms with Crippen LogP contribution in [-0.4, -0.2) is 14.9 Å². The Morgan fingerprint density at radius 1 is 1.20 bits per heavy atom. The fourth-order valence-corrected chi connectivity index (χ4v) is 2.69. The quantitative estimate of drug-likeness (QED) is 0.398. The number of nitrogens with zero attached hydrogens (tertiary/aromatic N) is 3. The van der Waals surface area contributed by atoms with Crippen molar-refractivity contribution >= 4 is 27.8 Å². The van der Waals surface area contributed by atoms with E-state index in [4.69, 9.17) is 9.15 Å². The summed E-state index contributed by atoms with van der Waals surface area (Å²) in [6, 6.07) is 12.3. The first kappa shape index (κ1) is 15.1. The van der Waals surface area contributed by atoms with Gasteiger partial charge in [0.1, 0.15) is 17.4 Å². The first-order valence-electron chi connectivity index (χ1n) is 7.74. The molecule has 0 aliphatic rings. The fourth-order valence-electron chi connectivity index (χ4n) is 2.69. The molecule has 0 amide bonds. The molecule has 0 atom stereocenters. The highest BCUT2D eigenvalue weighted by Gasteiger charge is 2.20. The Labute approximate surface area is 142 Å². The van der Waals surface area contributed by atoms with Crippen LogP contribution in [0.4, 0.5) is 5.69 Å². The molecule has 25 heavy (non-hydrogen) atoms. The Morgan fingerprint density at radius 3 is 2.84 bits per heavy atom. The Kier molecular flexibility index (Phi) is 3.53. The van der Waals surface area contributed by atoms with Crippen LogP contribution in [-0.2, 0) is 6.42 Å². The third kappa shape index (κ3) is 2.55. The summed E-state index contributed by atoms with van der Waals surface area (Å²) in [7, 11) is 0. The number of nitro groups is 1. The minimum atomic E-state index is -0.467. The summed E-state index contributed by atoms with van der Waals surface area (Å²) in [5, 5.41) is 12.2. The minimum absolute atomic E-state index is 0.109. The molecule has 7 nitrogen and oxygen atoms in total. The van der Waals surface area contributed by atoms with Crippen LogP contribution in [0.5, 0.6) is 11.6 Å². The highest BCUT2D eigenvalue weighted by atomic mass is 16.6. The van der Waals surface area contributed by atoms with E-state index in [-0.39, 0.29) is 17.3 Å². The molecule has 0 saturated heterocycles. The van der Waals surface area contributed by atoms with Gasteiger partial charge in [0.2, 0.25) is 11.3 Å². The zero-order chi connectivity index (χ0) is 17.4. The summed E-state index contributed by atoms with van der Waals surface area (Å²) >= 11 is 0. The molecule has 2 aromatic heterocycles. The molecule has 2 heterocycles. The van der Waals surface area contributed by atoms with Crippen LogP contribution in [0, 0.1) is 10.1 Å². The number of benzene rings is 2. The smallest absolute Gasteiger partial charge is 0.311 e. The lowest BCUT2D eigenvalue weighted by atomic mass is 10.1. The van der Waals surface area contributed by atoms with Gasteiger partial charge in [-0.1, -0.05) is 25.1 Å². The third-order valence-corrected chi connectivity index (χ3v) is 3.96. The van der Waals surface area contributed by atoms with Gasteiger partial charge in [-0.3, -0.25) is 10.1 Å². The molecular formula is C18H13N3O4. The van der Waals surface area contributed by atoms with Crippen LogP contribution < -0.4 is 4.74 Å². The number of hydrogen-bond acceptors (Lipinski definition) is 6. The zero-order valence-electron chi connectivity index (χ0n) is 13.3. The Hall–Kier alpha value is -3.48. The fraction of sp³-hybridized carbons (Fsp3) is 0.111. The molecule has 0 bridgehead atoms. The van der Waals surface area contributed by atoms with Gasteiger partial charge in [0.15, 0.2) is 0 Å². The highest BCUT2D eigenvalue weighted by Crippen LogP contribution is 2.37. The van der Waals surface area contributed by atoms with Gasteiger partial charge < -0.3 is 9.15 Å². The van der Waals surface area contributed by atoms with Crippen molar-refractivity contribution in [3.63, 3.8) is 0 Å². The van der Waals surface area contributed by atoms with E-state index in [1.54, 1.807) is 12.1 Å². The Morgan fingerprint density at radius 2 is 2.04 bits per heavy atom. The molecule has 0 radical (unpaired) electrons. The molecule has 0 spiro atoms. The van der Waals surface area contributed by atoms with Gasteiger partial charge in [0.05, 0.1) is 4.92 Å². The van der Waals surface area contributed by atoms with Gasteiger partial charge >= 0.3 is 5.69 Å². The topological polar surface area (TPSA) is 91.3 Å². The Balaban J connectivity index is 1.85. The molecule has 4 rings (SSSR count). The number of para-hydroxylation sites is 1. The van der Waals surface area contributed by atoms with Crippen molar-refractivity contribution in [2.24, 2.45) is 0 Å². The number of rotatable bonds is 4. The van der Waals surface area contributed by atoms with Crippen molar-refractivity contribution in [1.29, 1.82) is 0 Å². The van der Waals surface area contributed by atoms with Crippen LogP contribution in [0.2, 0.25) is 0 Å². The number of hydrogen-bond donors (Lipinski definition) is 0. The van der Waals surface area contributed by atoms with Crippen molar-refractivity contribution in [3.8, 4) is 11.6 Å². The zero-order valence-corrected chi connectivity index (χ0v) is 13.3. The van der Waals surface area contributed by atoms with Crippen molar-refractivity contribution in [2.75, 3.05) is 0 Å². The number of nitro benzene ring substituents is 1. The van der Waals surface area contributed by atoms with E-state index < -0.39 is 4.92 Å². The number of ether oxygens (including phenoxy) is 1. The van der Waals surface area contributed by atoms with Gasteiger partial charge in [0, 0.05) is 11.5 Å². The summed E-state index contributed by atoms with van der Waals surface area (Å²) in [5.41, 5.74) is 2.36. The number of aromatic nitrogens is 2. The average molecular weight is 335 g/mol. The molecular weight excluding hydrogens is 322 g/mol. The van der Waals surface area contributed by atoms with Gasteiger partial charge in [-0.25, -0.2) is 4.98 Å². The summed E-state index contributed by atoms with van der Waals surface area (Å²) in [6.07, 6.45) is 2.05. The summed E-state index contributed by atoms with van der Waals surface area (Å²) in [5.74, 6) is 0.260. The standard InChI is InChI=1S/C18H13N3O4/c1-2-11-7-8-15(13(9-11)21(22)23)25-18-17-16(19-10-20-18)12-5-3-4-6-14(12)24-17/h3-10H,2H2,1H3. The number of aryl methyl sites for hydroxylation is 1. The molecule has 0 fully saturated rings. The lowest BCUT2D eigenvalue weighted by Gasteiger charge is -2.06. The van der Waals surface area contributed by atoms with Crippen molar-refractivity contribution in [3.05, 3.63) is 64.5 Å². The second-order valence-electron chi connectivity index (χ2n) is 5.47. The summed E-state index contributed by atoms with van der Waals surface area (Å²) < 4.78 is 11.5. The first-order chi connectivity index (χ1) is 12.2. The van der Waals surface area contributed by atoms with Crippen molar-refractivity contribution in [1.82, 2.24) is 9.97 Å². The SMILES string of the molecule is CCc1ccc(Oc2ncnc3c2oc2ccccc23)c([N+](=O)[O-])c1. The maximum atomic E-state index is 11.4. The van der Waals surface area contributed by atoms with Crippen LogP contribution in [0.3, 0.4) is 0 Å². The largest absolute Gasteiger partial charge is 0.449 e. The molecule has 0 aliphatic carbocycles. The molecule has 124 valence electrons. The molecule has 0 saturated carbocycles. The van der Waals surface area contributed by atoms with E-state index in [0.29, 0.717) is 23.1 Å². The summed E-state index contributed by atoms with van der Waals surface area (Å²) in [4.78, 5) is 19.2. The highest BCUT2D eigenvalue weighted by molar-refractivity contribution is 6.03. The third-order valence-electron chi connectivity index (χ3n) is 3.96. The number of furan rings is 1. The number of fused-ring (bicyclic) bond motifs is 3. The molecule has 4 aromatic rings.